The van der Waals surface area contributed by atoms with Gasteiger partial charge in [-0.25, -0.2) is 4.98 Å². The molecule has 1 aliphatic carbocycles. The maximum atomic E-state index is 12.1. The van der Waals surface area contributed by atoms with Gasteiger partial charge in [-0.05, 0) is 38.3 Å². The summed E-state index contributed by atoms with van der Waals surface area (Å²) in [5.74, 6) is -0.190. The van der Waals surface area contributed by atoms with Gasteiger partial charge >= 0.3 is 5.97 Å². The summed E-state index contributed by atoms with van der Waals surface area (Å²) in [6, 6.07) is 7.05. The fourth-order valence-electron chi connectivity index (χ4n) is 2.65. The predicted octanol–water partition coefficient (Wildman–Crippen LogP) is 3.50. The number of carbonyl (C=O) groups is 1. The molecule has 1 N–H and O–H groups in total. The minimum absolute atomic E-state index is 0.175. The summed E-state index contributed by atoms with van der Waals surface area (Å²) in [5.41, 5.74) is 1.75. The summed E-state index contributed by atoms with van der Waals surface area (Å²) < 4.78 is 5.16. The SMILES string of the molecule is CCOC(=O)C1CCCc2sc(-c3cccc(O)c3)nc21. The van der Waals surface area contributed by atoms with E-state index in [0.29, 0.717) is 6.61 Å². The van der Waals surface area contributed by atoms with Crippen molar-refractivity contribution in [2.24, 2.45) is 0 Å². The molecule has 21 heavy (non-hydrogen) atoms. The number of ether oxygens (including phenoxy) is 1. The van der Waals surface area contributed by atoms with Gasteiger partial charge in [0.25, 0.3) is 0 Å². The Morgan fingerprint density at radius 2 is 2.38 bits per heavy atom. The van der Waals surface area contributed by atoms with E-state index >= 15 is 0 Å². The Balaban J connectivity index is 1.96. The first-order chi connectivity index (χ1) is 10.2. The number of hydrogen-bond acceptors (Lipinski definition) is 5. The van der Waals surface area contributed by atoms with Crippen LogP contribution in [0.5, 0.6) is 5.75 Å². The molecule has 1 unspecified atom stereocenters. The molecule has 3 rings (SSSR count). The van der Waals surface area contributed by atoms with Crippen molar-refractivity contribution in [3.8, 4) is 16.3 Å². The molecule has 1 aromatic heterocycles. The number of aromatic hydroxyl groups is 1. The van der Waals surface area contributed by atoms with Gasteiger partial charge in [0, 0.05) is 10.4 Å². The van der Waals surface area contributed by atoms with Crippen LogP contribution in [-0.4, -0.2) is 22.7 Å². The quantitative estimate of drug-likeness (QED) is 0.882. The minimum Gasteiger partial charge on any atom is -0.508 e. The number of phenols is 1. The summed E-state index contributed by atoms with van der Waals surface area (Å²) in [4.78, 5) is 17.9. The number of benzene rings is 1. The molecule has 1 aliphatic rings. The number of thiazole rings is 1. The Morgan fingerprint density at radius 3 is 3.14 bits per heavy atom. The van der Waals surface area contributed by atoms with E-state index in [1.54, 1.807) is 29.5 Å². The van der Waals surface area contributed by atoms with Crippen LogP contribution in [0.2, 0.25) is 0 Å². The number of phenolic OH excluding ortho intramolecular Hbond substituents is 1. The van der Waals surface area contributed by atoms with Crippen LogP contribution in [0.4, 0.5) is 0 Å². The van der Waals surface area contributed by atoms with Crippen molar-refractivity contribution in [3.63, 3.8) is 0 Å². The van der Waals surface area contributed by atoms with Crippen LogP contribution in [-0.2, 0) is 16.0 Å². The van der Waals surface area contributed by atoms with Gasteiger partial charge in [0.15, 0.2) is 0 Å². The molecule has 0 saturated carbocycles. The van der Waals surface area contributed by atoms with Crippen LogP contribution >= 0.6 is 11.3 Å². The molecule has 1 heterocycles. The lowest BCUT2D eigenvalue weighted by molar-refractivity contribution is -0.145. The zero-order valence-electron chi connectivity index (χ0n) is 11.8. The first kappa shape index (κ1) is 14.1. The number of fused-ring (bicyclic) bond motifs is 1. The molecule has 0 saturated heterocycles. The Morgan fingerprint density at radius 1 is 1.52 bits per heavy atom. The molecule has 0 bridgehead atoms. The maximum absolute atomic E-state index is 12.1. The fraction of sp³-hybridized carbons (Fsp3) is 0.375. The number of carbonyl (C=O) groups excluding carboxylic acids is 1. The first-order valence-corrected chi connectivity index (χ1v) is 7.96. The Kier molecular flexibility index (Phi) is 3.92. The molecule has 4 nitrogen and oxygen atoms in total. The lowest BCUT2D eigenvalue weighted by atomic mass is 9.91. The summed E-state index contributed by atoms with van der Waals surface area (Å²) in [7, 11) is 0. The van der Waals surface area contributed by atoms with Crippen molar-refractivity contribution >= 4 is 17.3 Å². The van der Waals surface area contributed by atoms with Crippen molar-refractivity contribution in [3.05, 3.63) is 34.8 Å². The van der Waals surface area contributed by atoms with Crippen LogP contribution in [0.15, 0.2) is 24.3 Å². The van der Waals surface area contributed by atoms with Crippen LogP contribution in [0.3, 0.4) is 0 Å². The molecule has 0 fully saturated rings. The molecular weight excluding hydrogens is 286 g/mol. The highest BCUT2D eigenvalue weighted by Crippen LogP contribution is 2.39. The third-order valence-electron chi connectivity index (χ3n) is 3.62. The third kappa shape index (κ3) is 2.78. The molecule has 0 aliphatic heterocycles. The van der Waals surface area contributed by atoms with E-state index in [-0.39, 0.29) is 17.6 Å². The molecule has 5 heteroatoms. The van der Waals surface area contributed by atoms with E-state index in [9.17, 15) is 9.90 Å². The van der Waals surface area contributed by atoms with E-state index < -0.39 is 0 Å². The molecule has 0 spiro atoms. The number of aromatic nitrogens is 1. The van der Waals surface area contributed by atoms with Crippen LogP contribution in [0, 0.1) is 0 Å². The van der Waals surface area contributed by atoms with Gasteiger partial charge in [-0.2, -0.15) is 0 Å². The fourth-order valence-corrected chi connectivity index (χ4v) is 3.81. The Bertz CT molecular complexity index is 665. The summed E-state index contributed by atoms with van der Waals surface area (Å²) in [6.45, 7) is 2.22. The largest absolute Gasteiger partial charge is 0.508 e. The zero-order valence-corrected chi connectivity index (χ0v) is 12.7. The van der Waals surface area contributed by atoms with Gasteiger partial charge in [-0.3, -0.25) is 4.79 Å². The lowest BCUT2D eigenvalue weighted by Gasteiger charge is -2.19. The van der Waals surface area contributed by atoms with Gasteiger partial charge in [-0.15, -0.1) is 11.3 Å². The monoisotopic (exact) mass is 303 g/mol. The molecule has 2 aromatic rings. The first-order valence-electron chi connectivity index (χ1n) is 7.14. The number of aryl methyl sites for hydroxylation is 1. The highest BCUT2D eigenvalue weighted by molar-refractivity contribution is 7.15. The van der Waals surface area contributed by atoms with E-state index in [0.717, 1.165) is 40.4 Å². The summed E-state index contributed by atoms with van der Waals surface area (Å²) in [6.07, 6.45) is 2.74. The van der Waals surface area contributed by atoms with Crippen LogP contribution in [0.1, 0.15) is 36.3 Å². The second-order valence-electron chi connectivity index (χ2n) is 5.07. The Labute approximate surface area is 127 Å². The van der Waals surface area contributed by atoms with Crippen LogP contribution < -0.4 is 0 Å². The third-order valence-corrected chi connectivity index (χ3v) is 4.80. The Hall–Kier alpha value is -1.88. The van der Waals surface area contributed by atoms with Crippen molar-refractivity contribution in [2.75, 3.05) is 6.61 Å². The summed E-state index contributed by atoms with van der Waals surface area (Å²) in [5, 5.41) is 10.4. The number of rotatable bonds is 3. The average molecular weight is 303 g/mol. The smallest absolute Gasteiger partial charge is 0.315 e. The maximum Gasteiger partial charge on any atom is 0.315 e. The van der Waals surface area contributed by atoms with Crippen molar-refractivity contribution in [1.29, 1.82) is 0 Å². The van der Waals surface area contributed by atoms with E-state index in [1.165, 1.54) is 0 Å². The lowest BCUT2D eigenvalue weighted by Crippen LogP contribution is -2.20. The molecular formula is C16H17NO3S. The highest BCUT2D eigenvalue weighted by Gasteiger charge is 2.31. The molecule has 1 atom stereocenters. The average Bonchev–Trinajstić information content (AvgIpc) is 2.91. The summed E-state index contributed by atoms with van der Waals surface area (Å²) >= 11 is 1.61. The van der Waals surface area contributed by atoms with Gasteiger partial charge < -0.3 is 9.84 Å². The minimum atomic E-state index is -0.240. The molecule has 0 amide bonds. The normalized spacial score (nSPS) is 17.3. The number of hydrogen-bond donors (Lipinski definition) is 1. The van der Waals surface area contributed by atoms with Crippen molar-refractivity contribution in [1.82, 2.24) is 4.98 Å². The van der Waals surface area contributed by atoms with E-state index in [1.807, 2.05) is 13.0 Å². The number of nitrogens with zero attached hydrogens (tertiary/aromatic N) is 1. The predicted molar refractivity (Wildman–Crippen MR) is 81.5 cm³/mol. The second-order valence-corrected chi connectivity index (χ2v) is 6.16. The van der Waals surface area contributed by atoms with E-state index in [4.69, 9.17) is 4.74 Å². The second kappa shape index (κ2) is 5.85. The van der Waals surface area contributed by atoms with Crippen LogP contribution in [0.25, 0.3) is 10.6 Å². The highest BCUT2D eigenvalue weighted by atomic mass is 32.1. The molecule has 0 radical (unpaired) electrons. The van der Waals surface area contributed by atoms with E-state index in [2.05, 4.69) is 4.98 Å². The zero-order chi connectivity index (χ0) is 14.8. The van der Waals surface area contributed by atoms with Crippen molar-refractivity contribution in [2.45, 2.75) is 32.1 Å². The van der Waals surface area contributed by atoms with Gasteiger partial charge in [0.05, 0.1) is 12.3 Å². The van der Waals surface area contributed by atoms with Gasteiger partial charge in [-0.1, -0.05) is 12.1 Å². The van der Waals surface area contributed by atoms with Gasteiger partial charge in [0.1, 0.15) is 16.7 Å². The molecule has 1 aromatic carbocycles. The standard InChI is InChI=1S/C16H17NO3S/c1-2-20-16(19)12-7-4-8-13-14(12)17-15(21-13)10-5-3-6-11(18)9-10/h3,5-6,9,12,18H,2,4,7-8H2,1H3. The van der Waals surface area contributed by atoms with Gasteiger partial charge in [0.2, 0.25) is 0 Å². The molecule has 110 valence electrons. The van der Waals surface area contributed by atoms with Crippen molar-refractivity contribution < 1.29 is 14.6 Å². The topological polar surface area (TPSA) is 59.4 Å². The number of esters is 1.